The molecule has 1 aliphatic rings. The van der Waals surface area contributed by atoms with E-state index in [9.17, 15) is 24.3 Å². The maximum absolute atomic E-state index is 13.3. The van der Waals surface area contributed by atoms with Crippen molar-refractivity contribution in [1.82, 2.24) is 30.0 Å². The van der Waals surface area contributed by atoms with Gasteiger partial charge in [0.05, 0.1) is 0 Å². The van der Waals surface area contributed by atoms with E-state index in [0.29, 0.717) is 23.8 Å². The van der Waals surface area contributed by atoms with Crippen LogP contribution < -0.4 is 10.6 Å². The summed E-state index contributed by atoms with van der Waals surface area (Å²) >= 11 is 0. The lowest BCUT2D eigenvalue weighted by Crippen LogP contribution is -2.55. The Kier molecular flexibility index (Phi) is 10.6. The molecule has 0 aliphatic carbocycles. The largest absolute Gasteiger partial charge is 0.481 e. The standard InChI is InChI=1S/C26H35N7O6/c1-31(2)12-6-11-27-21-17-20(28-23(30-21)18-7-4-3-5-8-18)24(36)29-19(9-10-22(34)35)25(37)32-13-15-33(16-14-32)26(38)39/h3-5,7-8,17,19H,6,9-16H2,1-2H3,(H,29,36)(H,34,35)(H,38,39)(H,27,28,30). The number of carboxylic acid groups (broad SMARTS) is 2. The summed E-state index contributed by atoms with van der Waals surface area (Å²) in [4.78, 5) is 62.7. The van der Waals surface area contributed by atoms with Crippen molar-refractivity contribution in [2.75, 3.05) is 58.7 Å². The fourth-order valence-electron chi connectivity index (χ4n) is 4.08. The molecule has 210 valence electrons. The van der Waals surface area contributed by atoms with Gasteiger partial charge in [0.15, 0.2) is 5.82 Å². The van der Waals surface area contributed by atoms with Crippen molar-refractivity contribution >= 4 is 29.7 Å². The number of rotatable bonds is 12. The predicted molar refractivity (Wildman–Crippen MR) is 143 cm³/mol. The van der Waals surface area contributed by atoms with Gasteiger partial charge in [0, 0.05) is 50.8 Å². The molecule has 1 atom stereocenters. The number of carbonyl (C=O) groups excluding carboxylic acids is 2. The lowest BCUT2D eigenvalue weighted by molar-refractivity contribution is -0.138. The Morgan fingerprint density at radius 2 is 1.67 bits per heavy atom. The van der Waals surface area contributed by atoms with E-state index in [2.05, 4.69) is 25.5 Å². The number of aromatic nitrogens is 2. The van der Waals surface area contributed by atoms with Gasteiger partial charge < -0.3 is 35.5 Å². The molecule has 13 nitrogen and oxygen atoms in total. The normalized spacial score (nSPS) is 14.1. The number of aliphatic carboxylic acids is 1. The van der Waals surface area contributed by atoms with Crippen molar-refractivity contribution in [3.8, 4) is 11.4 Å². The maximum atomic E-state index is 13.3. The molecule has 1 aromatic carbocycles. The number of anilines is 1. The van der Waals surface area contributed by atoms with Crippen molar-refractivity contribution in [2.24, 2.45) is 0 Å². The van der Waals surface area contributed by atoms with Gasteiger partial charge in [-0.25, -0.2) is 14.8 Å². The summed E-state index contributed by atoms with van der Waals surface area (Å²) < 4.78 is 0. The first kappa shape index (κ1) is 29.3. The molecule has 4 N–H and O–H groups in total. The predicted octanol–water partition coefficient (Wildman–Crippen LogP) is 1.29. The van der Waals surface area contributed by atoms with E-state index in [1.165, 1.54) is 15.9 Å². The van der Waals surface area contributed by atoms with E-state index in [-0.39, 0.29) is 44.7 Å². The third kappa shape index (κ3) is 8.92. The minimum atomic E-state index is -1.11. The Hall–Kier alpha value is -4.26. The van der Waals surface area contributed by atoms with Gasteiger partial charge in [0.2, 0.25) is 5.91 Å². The van der Waals surface area contributed by atoms with Crippen molar-refractivity contribution in [3.63, 3.8) is 0 Å². The fraction of sp³-hybridized carbons (Fsp3) is 0.462. The Labute approximate surface area is 226 Å². The lowest BCUT2D eigenvalue weighted by atomic mass is 10.1. The van der Waals surface area contributed by atoms with Crippen LogP contribution in [0.15, 0.2) is 36.4 Å². The van der Waals surface area contributed by atoms with Crippen molar-refractivity contribution in [1.29, 1.82) is 0 Å². The zero-order valence-electron chi connectivity index (χ0n) is 22.2. The molecule has 0 radical (unpaired) electrons. The number of amides is 3. The third-order valence-corrected chi connectivity index (χ3v) is 6.19. The van der Waals surface area contributed by atoms with Crippen LogP contribution in [0, 0.1) is 0 Å². The van der Waals surface area contributed by atoms with Crippen LogP contribution in [0.2, 0.25) is 0 Å². The number of piperazine rings is 1. The molecule has 1 unspecified atom stereocenters. The number of nitrogens with zero attached hydrogens (tertiary/aromatic N) is 5. The highest BCUT2D eigenvalue weighted by atomic mass is 16.4. The van der Waals surface area contributed by atoms with E-state index in [4.69, 9.17) is 5.11 Å². The molecule has 39 heavy (non-hydrogen) atoms. The summed E-state index contributed by atoms with van der Waals surface area (Å²) in [7, 11) is 3.96. The topological polar surface area (TPSA) is 168 Å². The van der Waals surface area contributed by atoms with Crippen molar-refractivity contribution in [3.05, 3.63) is 42.1 Å². The Bertz CT molecular complexity index is 1150. The number of carbonyl (C=O) groups is 4. The molecular formula is C26H35N7O6. The average Bonchev–Trinajstić information content (AvgIpc) is 2.93. The summed E-state index contributed by atoms with van der Waals surface area (Å²) in [6, 6.07) is 9.56. The summed E-state index contributed by atoms with van der Waals surface area (Å²) in [5.74, 6) is -1.43. The van der Waals surface area contributed by atoms with Gasteiger partial charge in [-0.3, -0.25) is 14.4 Å². The number of hydrogen-bond donors (Lipinski definition) is 4. The molecule has 0 saturated carbocycles. The van der Waals surface area contributed by atoms with Crippen LogP contribution in [0.5, 0.6) is 0 Å². The first-order valence-corrected chi connectivity index (χ1v) is 12.8. The zero-order chi connectivity index (χ0) is 28.4. The number of hydrogen-bond acceptors (Lipinski definition) is 8. The van der Waals surface area contributed by atoms with Crippen molar-refractivity contribution in [2.45, 2.75) is 25.3 Å². The summed E-state index contributed by atoms with van der Waals surface area (Å²) in [5, 5.41) is 24.2. The molecule has 0 spiro atoms. The summed E-state index contributed by atoms with van der Waals surface area (Å²) in [5.41, 5.74) is 0.737. The molecule has 1 aromatic heterocycles. The quantitative estimate of drug-likeness (QED) is 0.287. The minimum absolute atomic E-state index is 0.0304. The molecular weight excluding hydrogens is 506 g/mol. The van der Waals surface area contributed by atoms with Crippen LogP contribution in [0.25, 0.3) is 11.4 Å². The highest BCUT2D eigenvalue weighted by molar-refractivity contribution is 5.97. The molecule has 3 amide bonds. The SMILES string of the molecule is CN(C)CCCNc1cc(C(=O)NC(CCC(=O)O)C(=O)N2CCN(C(=O)O)CC2)nc(-c2ccccc2)n1. The number of nitrogens with one attached hydrogen (secondary N) is 2. The van der Waals surface area contributed by atoms with Gasteiger partial charge in [0.1, 0.15) is 17.6 Å². The minimum Gasteiger partial charge on any atom is -0.481 e. The summed E-state index contributed by atoms with van der Waals surface area (Å²) in [6.07, 6.45) is -0.670. The Morgan fingerprint density at radius 1 is 1.00 bits per heavy atom. The maximum Gasteiger partial charge on any atom is 0.407 e. The highest BCUT2D eigenvalue weighted by Crippen LogP contribution is 2.18. The smallest absolute Gasteiger partial charge is 0.407 e. The Morgan fingerprint density at radius 3 is 2.28 bits per heavy atom. The van der Waals surface area contributed by atoms with Crippen LogP contribution in [0.3, 0.4) is 0 Å². The molecule has 2 aromatic rings. The highest BCUT2D eigenvalue weighted by Gasteiger charge is 2.31. The molecule has 1 aliphatic heterocycles. The first-order valence-electron chi connectivity index (χ1n) is 12.8. The summed E-state index contributed by atoms with van der Waals surface area (Å²) in [6.45, 7) is 2.05. The van der Waals surface area contributed by atoms with Gasteiger partial charge in [0.25, 0.3) is 5.91 Å². The van der Waals surface area contributed by atoms with Crippen LogP contribution in [0.4, 0.5) is 10.6 Å². The first-order chi connectivity index (χ1) is 18.6. The molecule has 0 bridgehead atoms. The average molecular weight is 542 g/mol. The van der Waals surface area contributed by atoms with Crippen LogP contribution in [-0.4, -0.2) is 118 Å². The van der Waals surface area contributed by atoms with E-state index < -0.39 is 29.9 Å². The lowest BCUT2D eigenvalue weighted by Gasteiger charge is -2.35. The molecule has 2 heterocycles. The van der Waals surface area contributed by atoms with Gasteiger partial charge >= 0.3 is 12.1 Å². The van der Waals surface area contributed by atoms with Crippen molar-refractivity contribution < 1.29 is 29.4 Å². The van der Waals surface area contributed by atoms with E-state index in [1.807, 2.05) is 44.4 Å². The van der Waals surface area contributed by atoms with E-state index in [0.717, 1.165) is 13.0 Å². The fourth-order valence-corrected chi connectivity index (χ4v) is 4.08. The molecule has 13 heteroatoms. The van der Waals surface area contributed by atoms with Gasteiger partial charge in [-0.2, -0.15) is 0 Å². The third-order valence-electron chi connectivity index (χ3n) is 6.19. The molecule has 1 saturated heterocycles. The number of carboxylic acids is 1. The molecule has 1 fully saturated rings. The second-order valence-electron chi connectivity index (χ2n) is 9.47. The second kappa shape index (κ2) is 14.0. The molecule has 3 rings (SSSR count). The van der Waals surface area contributed by atoms with E-state index >= 15 is 0 Å². The zero-order valence-corrected chi connectivity index (χ0v) is 22.2. The van der Waals surface area contributed by atoms with Crippen LogP contribution in [-0.2, 0) is 9.59 Å². The Balaban J connectivity index is 1.80. The van der Waals surface area contributed by atoms with Gasteiger partial charge in [-0.05, 0) is 33.5 Å². The second-order valence-corrected chi connectivity index (χ2v) is 9.47. The van der Waals surface area contributed by atoms with Crippen LogP contribution in [0.1, 0.15) is 29.8 Å². The monoisotopic (exact) mass is 541 g/mol. The van der Waals surface area contributed by atoms with E-state index in [1.54, 1.807) is 0 Å². The van der Waals surface area contributed by atoms with Gasteiger partial charge in [-0.15, -0.1) is 0 Å². The number of benzene rings is 1. The van der Waals surface area contributed by atoms with Gasteiger partial charge in [-0.1, -0.05) is 30.3 Å². The van der Waals surface area contributed by atoms with Crippen LogP contribution >= 0.6 is 0 Å².